The SMILES string of the molecule is COCCOC(=O)N1C(=O)[C@@]2(c3cc(C#CCNC(N)=O)ccc31)[C@H](c1ccc(OCCO)cc1)N1[C@H](c3ccccc3)[C@H](c3ccccc3)OC(=O)[C@H]1[C@@H]2C(=O)O. The molecule has 4 aromatic rings. The fraction of sp³-hybridized carbons (Fsp3) is 0.279. The predicted octanol–water partition coefficient (Wildman–Crippen LogP) is 3.61. The molecule has 2 saturated heterocycles. The number of ether oxygens (including phenoxy) is 4. The normalized spacial score (nSPS) is 23.3. The van der Waals surface area contributed by atoms with Gasteiger partial charge in [0.25, 0.3) is 0 Å². The molecule has 0 unspecified atom stereocenters. The summed E-state index contributed by atoms with van der Waals surface area (Å²) in [5, 5.41) is 23.2. The molecule has 7 rings (SSSR count). The number of aliphatic hydroxyl groups excluding tert-OH is 1. The number of morpholine rings is 1. The number of carboxylic acids is 1. The van der Waals surface area contributed by atoms with Crippen LogP contribution < -0.4 is 20.7 Å². The third-order valence-corrected chi connectivity index (χ3v) is 10.6. The summed E-state index contributed by atoms with van der Waals surface area (Å²) in [6.45, 7) is -0.536. The zero-order valence-corrected chi connectivity index (χ0v) is 31.3. The van der Waals surface area contributed by atoms with Gasteiger partial charge in [-0.2, -0.15) is 0 Å². The summed E-state index contributed by atoms with van der Waals surface area (Å²) in [5.74, 6) is 0.978. The molecule has 58 heavy (non-hydrogen) atoms. The summed E-state index contributed by atoms with van der Waals surface area (Å²) in [6, 6.07) is 24.9. The Kier molecular flexibility index (Phi) is 11.4. The van der Waals surface area contributed by atoms with E-state index in [4.69, 9.17) is 24.7 Å². The average molecular weight is 789 g/mol. The Hall–Kier alpha value is -6.73. The number of aliphatic carboxylic acids is 1. The van der Waals surface area contributed by atoms with E-state index in [0.29, 0.717) is 28.0 Å². The number of fused-ring (bicyclic) bond motifs is 3. The molecule has 0 aromatic heterocycles. The van der Waals surface area contributed by atoms with Gasteiger partial charge in [-0.3, -0.25) is 19.3 Å². The molecule has 0 aliphatic carbocycles. The van der Waals surface area contributed by atoms with E-state index in [1.807, 2.05) is 48.5 Å². The number of amides is 4. The minimum absolute atomic E-state index is 0.00740. The lowest BCUT2D eigenvalue weighted by molar-refractivity contribution is -0.179. The highest BCUT2D eigenvalue weighted by Gasteiger charge is 2.76. The molecule has 4 amide bonds. The number of rotatable bonds is 11. The molecule has 3 aliphatic heterocycles. The molecule has 2 fully saturated rings. The second-order valence-corrected chi connectivity index (χ2v) is 13.7. The Labute approximate surface area is 333 Å². The number of nitrogens with zero attached hydrogens (tertiary/aromatic N) is 2. The van der Waals surface area contributed by atoms with Gasteiger partial charge in [-0.1, -0.05) is 84.6 Å². The Bertz CT molecular complexity index is 2260. The minimum atomic E-state index is -2.19. The first-order valence-electron chi connectivity index (χ1n) is 18.4. The van der Waals surface area contributed by atoms with E-state index in [-0.39, 0.29) is 44.2 Å². The molecule has 15 heteroatoms. The number of benzene rings is 4. The molecule has 298 valence electrons. The molecule has 3 aliphatic rings. The van der Waals surface area contributed by atoms with E-state index in [1.165, 1.54) is 19.2 Å². The quantitative estimate of drug-likeness (QED) is 0.0977. The molecule has 0 radical (unpaired) electrons. The molecule has 1 spiro atoms. The van der Waals surface area contributed by atoms with Gasteiger partial charge in [0.15, 0.2) is 0 Å². The number of cyclic esters (lactones) is 1. The maximum atomic E-state index is 15.7. The van der Waals surface area contributed by atoms with Crippen molar-refractivity contribution in [2.45, 2.75) is 29.6 Å². The third kappa shape index (κ3) is 6.98. The topological polar surface area (TPSA) is 207 Å². The predicted molar refractivity (Wildman–Crippen MR) is 206 cm³/mol. The van der Waals surface area contributed by atoms with Gasteiger partial charge in [0.2, 0.25) is 5.91 Å². The van der Waals surface area contributed by atoms with Crippen LogP contribution in [0, 0.1) is 17.8 Å². The molecule has 5 N–H and O–H groups in total. The van der Waals surface area contributed by atoms with E-state index < -0.39 is 65.5 Å². The first-order valence-corrected chi connectivity index (χ1v) is 18.4. The number of imide groups is 1. The van der Waals surface area contributed by atoms with Crippen LogP contribution >= 0.6 is 0 Å². The molecule has 0 saturated carbocycles. The van der Waals surface area contributed by atoms with Crippen molar-refractivity contribution in [2.24, 2.45) is 11.7 Å². The Morgan fingerprint density at radius 2 is 1.57 bits per heavy atom. The number of carbonyl (C=O) groups excluding carboxylic acids is 4. The molecule has 3 heterocycles. The van der Waals surface area contributed by atoms with Gasteiger partial charge in [-0.25, -0.2) is 14.5 Å². The van der Waals surface area contributed by atoms with E-state index in [0.717, 1.165) is 4.90 Å². The Morgan fingerprint density at radius 3 is 2.21 bits per heavy atom. The van der Waals surface area contributed by atoms with Crippen molar-refractivity contribution >= 4 is 35.7 Å². The summed E-state index contributed by atoms with van der Waals surface area (Å²) < 4.78 is 22.5. The van der Waals surface area contributed by atoms with Crippen LogP contribution in [0.1, 0.15) is 46.0 Å². The first kappa shape index (κ1) is 39.5. The van der Waals surface area contributed by atoms with Crippen molar-refractivity contribution in [3.05, 3.63) is 131 Å². The molecule has 4 aromatic carbocycles. The van der Waals surface area contributed by atoms with Crippen LogP contribution in [0.25, 0.3) is 0 Å². The highest BCUT2D eigenvalue weighted by atomic mass is 16.6. The van der Waals surface area contributed by atoms with Crippen molar-refractivity contribution in [3.8, 4) is 17.6 Å². The van der Waals surface area contributed by atoms with Crippen LogP contribution in [0.15, 0.2) is 103 Å². The van der Waals surface area contributed by atoms with Gasteiger partial charge in [0, 0.05) is 12.7 Å². The summed E-state index contributed by atoms with van der Waals surface area (Å²) in [7, 11) is 1.42. The van der Waals surface area contributed by atoms with E-state index >= 15 is 4.79 Å². The van der Waals surface area contributed by atoms with Gasteiger partial charge in [0.1, 0.15) is 42.4 Å². The van der Waals surface area contributed by atoms with Crippen LogP contribution in [0.3, 0.4) is 0 Å². The number of hydrogen-bond donors (Lipinski definition) is 4. The summed E-state index contributed by atoms with van der Waals surface area (Å²) in [6.07, 6.45) is -2.04. The number of carbonyl (C=O) groups is 5. The lowest BCUT2D eigenvalue weighted by atomic mass is 9.65. The number of nitrogens with one attached hydrogen (secondary N) is 1. The van der Waals surface area contributed by atoms with Crippen LogP contribution in [0.5, 0.6) is 5.75 Å². The number of anilines is 1. The highest BCUT2D eigenvalue weighted by molar-refractivity contribution is 6.23. The number of aliphatic hydroxyl groups is 1. The maximum Gasteiger partial charge on any atom is 0.421 e. The maximum absolute atomic E-state index is 15.7. The highest BCUT2D eigenvalue weighted by Crippen LogP contribution is 2.66. The van der Waals surface area contributed by atoms with Crippen molar-refractivity contribution in [1.29, 1.82) is 0 Å². The lowest BCUT2D eigenvalue weighted by Crippen LogP contribution is -2.53. The number of hydrogen-bond acceptors (Lipinski definition) is 11. The van der Waals surface area contributed by atoms with E-state index in [2.05, 4.69) is 17.2 Å². The first-order chi connectivity index (χ1) is 28.1. The number of primary amides is 1. The van der Waals surface area contributed by atoms with Crippen molar-refractivity contribution in [3.63, 3.8) is 0 Å². The van der Waals surface area contributed by atoms with Crippen molar-refractivity contribution in [1.82, 2.24) is 10.2 Å². The summed E-state index contributed by atoms with van der Waals surface area (Å²) in [4.78, 5) is 72.3. The third-order valence-electron chi connectivity index (χ3n) is 10.6. The van der Waals surface area contributed by atoms with Gasteiger partial charge in [-0.15, -0.1) is 0 Å². The van der Waals surface area contributed by atoms with E-state index in [9.17, 15) is 29.4 Å². The van der Waals surface area contributed by atoms with Crippen molar-refractivity contribution < 1.29 is 53.1 Å². The van der Waals surface area contributed by atoms with Gasteiger partial charge in [0.05, 0.1) is 37.5 Å². The number of urea groups is 1. The fourth-order valence-corrected chi connectivity index (χ4v) is 8.41. The van der Waals surface area contributed by atoms with Crippen LogP contribution in [0.4, 0.5) is 15.3 Å². The number of nitrogens with two attached hydrogens (primary N) is 1. The summed E-state index contributed by atoms with van der Waals surface area (Å²) >= 11 is 0. The Balaban J connectivity index is 1.53. The standard InChI is InChI=1S/C43H40N4O11/c1-55-23-24-57-42(54)46-32-19-14-26(9-8-20-45-41(44)53)25-31(32)43(40(46)52)33(38(49)50)35-39(51)58-36(28-12-6-3-7-13-28)34(27-10-4-2-5-11-27)47(35)37(43)29-15-17-30(18-16-29)56-22-21-48/h2-7,10-19,25,33-37,48H,20-24H2,1H3,(H,49,50)(H3,44,45,53)/t33-,34-,35-,36+,37+,43-/m1/s1. The molecular formula is C43H40N4O11. The van der Waals surface area contributed by atoms with Crippen LogP contribution in [-0.4, -0.2) is 91.2 Å². The number of carboxylic acid groups (broad SMARTS) is 1. The molecule has 6 atom stereocenters. The van der Waals surface area contributed by atoms with Crippen LogP contribution in [-0.2, 0) is 34.0 Å². The minimum Gasteiger partial charge on any atom is -0.491 e. The zero-order valence-electron chi connectivity index (χ0n) is 31.3. The van der Waals surface area contributed by atoms with Crippen molar-refractivity contribution in [2.75, 3.05) is 45.0 Å². The average Bonchev–Trinajstić information content (AvgIpc) is 3.69. The van der Waals surface area contributed by atoms with E-state index in [1.54, 1.807) is 47.4 Å². The van der Waals surface area contributed by atoms with Crippen LogP contribution in [0.2, 0.25) is 0 Å². The van der Waals surface area contributed by atoms with Gasteiger partial charge in [-0.05, 0) is 52.6 Å². The summed E-state index contributed by atoms with van der Waals surface area (Å²) in [5.41, 5.74) is 5.21. The Morgan fingerprint density at radius 1 is 0.879 bits per heavy atom. The molecule has 0 bridgehead atoms. The second kappa shape index (κ2) is 16.8. The number of esters is 1. The second-order valence-electron chi connectivity index (χ2n) is 13.7. The lowest BCUT2D eigenvalue weighted by Gasteiger charge is -2.46. The molecular weight excluding hydrogens is 748 g/mol. The number of methoxy groups -OCH3 is 1. The molecule has 15 nitrogen and oxygen atoms in total. The largest absolute Gasteiger partial charge is 0.491 e. The van der Waals surface area contributed by atoms with Gasteiger partial charge < -0.3 is 40.2 Å². The zero-order chi connectivity index (χ0) is 41.0. The van der Waals surface area contributed by atoms with Gasteiger partial charge >= 0.3 is 24.1 Å². The smallest absolute Gasteiger partial charge is 0.421 e. The monoisotopic (exact) mass is 788 g/mol. The fourth-order valence-electron chi connectivity index (χ4n) is 8.41.